The molecular formula is C14H20O. The zero-order valence-corrected chi connectivity index (χ0v) is 9.70. The topological polar surface area (TPSA) is 9.23 Å². The Balaban J connectivity index is 2.06. The Morgan fingerprint density at radius 1 is 1.33 bits per heavy atom. The first kappa shape index (κ1) is 10.7. The number of methoxy groups -OCH3 is 1. The Kier molecular flexibility index (Phi) is 3.11. The molecule has 15 heavy (non-hydrogen) atoms. The maximum atomic E-state index is 5.68. The van der Waals surface area contributed by atoms with Crippen LogP contribution in [0.1, 0.15) is 31.7 Å². The lowest BCUT2D eigenvalue weighted by Crippen LogP contribution is -2.32. The summed E-state index contributed by atoms with van der Waals surface area (Å²) in [6, 6.07) is 10.7. The number of hydrogen-bond acceptors (Lipinski definition) is 1. The number of hydrogen-bond donors (Lipinski definition) is 0. The second-order valence-electron chi connectivity index (χ2n) is 4.80. The highest BCUT2D eigenvalue weighted by Gasteiger charge is 2.38. The second-order valence-corrected chi connectivity index (χ2v) is 4.80. The van der Waals surface area contributed by atoms with E-state index in [1.807, 2.05) is 7.11 Å². The van der Waals surface area contributed by atoms with Crippen LogP contribution in [0.2, 0.25) is 0 Å². The van der Waals surface area contributed by atoms with E-state index in [0.29, 0.717) is 5.92 Å². The molecule has 0 aromatic heterocycles. The Morgan fingerprint density at radius 2 is 2.07 bits per heavy atom. The summed E-state index contributed by atoms with van der Waals surface area (Å²) in [5.74, 6) is 0.685. The molecule has 0 aliphatic heterocycles. The van der Waals surface area contributed by atoms with Gasteiger partial charge in [0.2, 0.25) is 0 Å². The van der Waals surface area contributed by atoms with Crippen LogP contribution in [0.25, 0.3) is 0 Å². The standard InChI is InChI=1S/C14H20O/c1-14(15-2)10-6-9-13(14)11-12-7-4-3-5-8-12/h3-5,7-8,13H,6,9-11H2,1-2H3/t13-,14-/m0/s1. The van der Waals surface area contributed by atoms with E-state index in [2.05, 4.69) is 37.3 Å². The van der Waals surface area contributed by atoms with Crippen molar-refractivity contribution in [2.24, 2.45) is 5.92 Å². The van der Waals surface area contributed by atoms with Crippen LogP contribution in [0, 0.1) is 5.92 Å². The van der Waals surface area contributed by atoms with Crippen LogP contribution in [0.3, 0.4) is 0 Å². The lowest BCUT2D eigenvalue weighted by atomic mass is 9.87. The minimum absolute atomic E-state index is 0.107. The number of ether oxygens (including phenoxy) is 1. The van der Waals surface area contributed by atoms with Crippen molar-refractivity contribution in [2.75, 3.05) is 7.11 Å². The molecule has 0 heterocycles. The van der Waals surface area contributed by atoms with Crippen LogP contribution in [0.4, 0.5) is 0 Å². The maximum Gasteiger partial charge on any atom is 0.0681 e. The molecule has 0 amide bonds. The smallest absolute Gasteiger partial charge is 0.0681 e. The predicted molar refractivity (Wildman–Crippen MR) is 62.9 cm³/mol. The molecule has 0 saturated heterocycles. The average Bonchev–Trinajstić information content (AvgIpc) is 2.63. The summed E-state index contributed by atoms with van der Waals surface area (Å²) >= 11 is 0. The lowest BCUT2D eigenvalue weighted by molar-refractivity contribution is -0.0251. The van der Waals surface area contributed by atoms with E-state index >= 15 is 0 Å². The van der Waals surface area contributed by atoms with Crippen molar-refractivity contribution in [3.8, 4) is 0 Å². The van der Waals surface area contributed by atoms with E-state index in [1.165, 1.54) is 24.8 Å². The van der Waals surface area contributed by atoms with Gasteiger partial charge in [-0.3, -0.25) is 0 Å². The molecule has 0 unspecified atom stereocenters. The quantitative estimate of drug-likeness (QED) is 0.733. The van der Waals surface area contributed by atoms with Gasteiger partial charge < -0.3 is 4.74 Å². The van der Waals surface area contributed by atoms with Crippen molar-refractivity contribution in [3.63, 3.8) is 0 Å². The van der Waals surface area contributed by atoms with Crippen molar-refractivity contribution in [1.82, 2.24) is 0 Å². The fourth-order valence-corrected chi connectivity index (χ4v) is 2.69. The second kappa shape index (κ2) is 4.36. The largest absolute Gasteiger partial charge is 0.378 e. The monoisotopic (exact) mass is 204 g/mol. The van der Waals surface area contributed by atoms with Gasteiger partial charge >= 0.3 is 0 Å². The first-order valence-corrected chi connectivity index (χ1v) is 5.84. The van der Waals surface area contributed by atoms with Gasteiger partial charge in [-0.05, 0) is 37.7 Å². The molecule has 1 nitrogen and oxygen atoms in total. The molecule has 2 atom stereocenters. The van der Waals surface area contributed by atoms with Crippen LogP contribution in [0.15, 0.2) is 30.3 Å². The molecule has 0 radical (unpaired) electrons. The van der Waals surface area contributed by atoms with E-state index in [0.717, 1.165) is 6.42 Å². The minimum Gasteiger partial charge on any atom is -0.378 e. The highest BCUT2D eigenvalue weighted by molar-refractivity contribution is 5.16. The molecule has 2 rings (SSSR count). The molecule has 0 bridgehead atoms. The zero-order chi connectivity index (χ0) is 10.7. The van der Waals surface area contributed by atoms with Gasteiger partial charge in [-0.1, -0.05) is 36.8 Å². The molecule has 0 N–H and O–H groups in total. The van der Waals surface area contributed by atoms with Crippen LogP contribution < -0.4 is 0 Å². The van der Waals surface area contributed by atoms with Crippen molar-refractivity contribution in [2.45, 2.75) is 38.2 Å². The Morgan fingerprint density at radius 3 is 2.73 bits per heavy atom. The minimum atomic E-state index is 0.107. The van der Waals surface area contributed by atoms with Crippen molar-refractivity contribution < 1.29 is 4.74 Å². The highest BCUT2D eigenvalue weighted by Crippen LogP contribution is 2.39. The molecule has 1 aliphatic carbocycles. The van der Waals surface area contributed by atoms with Gasteiger partial charge in [-0.15, -0.1) is 0 Å². The predicted octanol–water partition coefficient (Wildman–Crippen LogP) is 3.43. The summed E-state index contributed by atoms with van der Waals surface area (Å²) in [4.78, 5) is 0. The molecule has 1 saturated carbocycles. The van der Waals surface area contributed by atoms with Crippen LogP contribution in [-0.4, -0.2) is 12.7 Å². The first-order valence-electron chi connectivity index (χ1n) is 5.84. The molecular weight excluding hydrogens is 184 g/mol. The third-order valence-corrected chi connectivity index (χ3v) is 3.88. The SMILES string of the molecule is CO[C@@]1(C)CCC[C@H]1Cc1ccccc1. The molecule has 1 fully saturated rings. The van der Waals surface area contributed by atoms with Crippen LogP contribution in [-0.2, 0) is 11.2 Å². The van der Waals surface area contributed by atoms with Crippen LogP contribution in [0.5, 0.6) is 0 Å². The maximum absolute atomic E-state index is 5.68. The van der Waals surface area contributed by atoms with Crippen molar-refractivity contribution >= 4 is 0 Å². The summed E-state index contributed by atoms with van der Waals surface area (Å²) in [7, 11) is 1.85. The molecule has 1 aliphatic rings. The Bertz CT molecular complexity index is 306. The molecule has 1 heteroatoms. The fourth-order valence-electron chi connectivity index (χ4n) is 2.69. The Hall–Kier alpha value is -0.820. The van der Waals surface area contributed by atoms with Gasteiger partial charge in [0.15, 0.2) is 0 Å². The molecule has 1 aromatic carbocycles. The van der Waals surface area contributed by atoms with E-state index < -0.39 is 0 Å². The van der Waals surface area contributed by atoms with E-state index in [9.17, 15) is 0 Å². The van der Waals surface area contributed by atoms with Crippen LogP contribution >= 0.6 is 0 Å². The summed E-state index contributed by atoms with van der Waals surface area (Å²) in [6.45, 7) is 2.26. The van der Waals surface area contributed by atoms with Gasteiger partial charge in [-0.25, -0.2) is 0 Å². The van der Waals surface area contributed by atoms with Gasteiger partial charge in [-0.2, -0.15) is 0 Å². The highest BCUT2D eigenvalue weighted by atomic mass is 16.5. The van der Waals surface area contributed by atoms with Gasteiger partial charge in [0.25, 0.3) is 0 Å². The lowest BCUT2D eigenvalue weighted by Gasteiger charge is -2.30. The number of rotatable bonds is 3. The van der Waals surface area contributed by atoms with Gasteiger partial charge in [0.05, 0.1) is 5.60 Å². The molecule has 82 valence electrons. The third-order valence-electron chi connectivity index (χ3n) is 3.88. The fraction of sp³-hybridized carbons (Fsp3) is 0.571. The van der Waals surface area contributed by atoms with E-state index in [4.69, 9.17) is 4.74 Å². The summed E-state index contributed by atoms with van der Waals surface area (Å²) < 4.78 is 5.68. The molecule has 1 aromatic rings. The zero-order valence-electron chi connectivity index (χ0n) is 9.70. The normalized spacial score (nSPS) is 30.7. The van der Waals surface area contributed by atoms with Gasteiger partial charge in [0, 0.05) is 7.11 Å². The Labute approximate surface area is 92.5 Å². The van der Waals surface area contributed by atoms with Crippen molar-refractivity contribution in [3.05, 3.63) is 35.9 Å². The summed E-state index contributed by atoms with van der Waals surface area (Å²) in [6.07, 6.45) is 4.98. The number of benzene rings is 1. The summed E-state index contributed by atoms with van der Waals surface area (Å²) in [5.41, 5.74) is 1.54. The van der Waals surface area contributed by atoms with Gasteiger partial charge in [0.1, 0.15) is 0 Å². The third kappa shape index (κ3) is 2.23. The average molecular weight is 204 g/mol. The first-order chi connectivity index (χ1) is 7.24. The van der Waals surface area contributed by atoms with E-state index in [1.54, 1.807) is 0 Å². The summed E-state index contributed by atoms with van der Waals surface area (Å²) in [5, 5.41) is 0. The van der Waals surface area contributed by atoms with Crippen molar-refractivity contribution in [1.29, 1.82) is 0 Å². The molecule has 0 spiro atoms. The van der Waals surface area contributed by atoms with E-state index in [-0.39, 0.29) is 5.60 Å².